The summed E-state index contributed by atoms with van der Waals surface area (Å²) in [6, 6.07) is 8.20. The molecule has 90 valence electrons. The van der Waals surface area contributed by atoms with Crippen molar-refractivity contribution in [3.8, 4) is 17.2 Å². The smallest absolute Gasteiger partial charge is 0.213 e. The van der Waals surface area contributed by atoms with Crippen molar-refractivity contribution in [2.75, 3.05) is 0 Å². The van der Waals surface area contributed by atoms with Crippen LogP contribution in [0.3, 0.4) is 0 Å². The van der Waals surface area contributed by atoms with E-state index in [0.29, 0.717) is 26.7 Å². The molecule has 0 aliphatic heterocycles. The zero-order valence-corrected chi connectivity index (χ0v) is 10.6. The summed E-state index contributed by atoms with van der Waals surface area (Å²) in [5.41, 5.74) is 1.79. The molecule has 5 heteroatoms. The van der Waals surface area contributed by atoms with Crippen LogP contribution in [-0.2, 0) is 6.42 Å². The fourth-order valence-electron chi connectivity index (χ4n) is 1.65. The first-order valence-corrected chi connectivity index (χ1v) is 5.84. The van der Waals surface area contributed by atoms with Crippen LogP contribution in [0.15, 0.2) is 30.5 Å². The highest BCUT2D eigenvalue weighted by Gasteiger charge is 2.11. The molecule has 0 unspecified atom stereocenters. The number of benzene rings is 1. The predicted molar refractivity (Wildman–Crippen MR) is 69.0 cm³/mol. The van der Waals surface area contributed by atoms with Crippen LogP contribution in [0.2, 0.25) is 10.0 Å². The van der Waals surface area contributed by atoms with Gasteiger partial charge in [0.25, 0.3) is 0 Å². The highest BCUT2D eigenvalue weighted by Crippen LogP contribution is 2.32. The van der Waals surface area contributed by atoms with Crippen molar-refractivity contribution in [2.24, 2.45) is 0 Å². The Balaban J connectivity index is 2.63. The number of hydrogen-bond donors (Lipinski definition) is 0. The second kappa shape index (κ2) is 5.34. The molecule has 0 aliphatic rings. The van der Waals surface area contributed by atoms with Crippen LogP contribution in [0.5, 0.6) is 0 Å². The molecule has 18 heavy (non-hydrogen) atoms. The van der Waals surface area contributed by atoms with Crippen molar-refractivity contribution in [2.45, 2.75) is 6.42 Å². The van der Waals surface area contributed by atoms with Crippen molar-refractivity contribution in [3.63, 3.8) is 0 Å². The standard InChI is InChI=1S/C13H7Cl2FN2/c14-9-1-2-12(15)10(6-9)11-7-18-13(16)5-8(11)3-4-17/h1-2,5-7H,3H2. The first kappa shape index (κ1) is 12.8. The van der Waals surface area contributed by atoms with Gasteiger partial charge in [0.1, 0.15) is 0 Å². The third-order valence-corrected chi connectivity index (χ3v) is 3.01. The Bertz CT molecular complexity index is 635. The summed E-state index contributed by atoms with van der Waals surface area (Å²) < 4.78 is 13.1. The van der Waals surface area contributed by atoms with Gasteiger partial charge < -0.3 is 0 Å². The summed E-state index contributed by atoms with van der Waals surface area (Å²) in [4.78, 5) is 3.59. The van der Waals surface area contributed by atoms with Crippen LogP contribution in [0.1, 0.15) is 5.56 Å². The molecule has 0 fully saturated rings. The Morgan fingerprint density at radius 1 is 1.22 bits per heavy atom. The van der Waals surface area contributed by atoms with Crippen molar-refractivity contribution >= 4 is 23.2 Å². The van der Waals surface area contributed by atoms with Gasteiger partial charge in [-0.3, -0.25) is 0 Å². The van der Waals surface area contributed by atoms with E-state index in [-0.39, 0.29) is 6.42 Å². The molecule has 2 rings (SSSR count). The van der Waals surface area contributed by atoms with Crippen LogP contribution in [-0.4, -0.2) is 4.98 Å². The Hall–Kier alpha value is -1.63. The lowest BCUT2D eigenvalue weighted by Crippen LogP contribution is -1.94. The van der Waals surface area contributed by atoms with Gasteiger partial charge in [0, 0.05) is 27.4 Å². The van der Waals surface area contributed by atoms with E-state index in [4.69, 9.17) is 28.5 Å². The topological polar surface area (TPSA) is 36.7 Å². The molecule has 1 aromatic heterocycles. The second-order valence-electron chi connectivity index (χ2n) is 3.62. The zero-order valence-electron chi connectivity index (χ0n) is 9.12. The number of nitriles is 1. The molecule has 0 saturated heterocycles. The lowest BCUT2D eigenvalue weighted by molar-refractivity contribution is 0.582. The summed E-state index contributed by atoms with van der Waals surface area (Å²) in [6.45, 7) is 0. The van der Waals surface area contributed by atoms with Crippen LogP contribution in [0.4, 0.5) is 4.39 Å². The lowest BCUT2D eigenvalue weighted by Gasteiger charge is -2.09. The Morgan fingerprint density at radius 2 is 2.00 bits per heavy atom. The summed E-state index contributed by atoms with van der Waals surface area (Å²) >= 11 is 12.0. The van der Waals surface area contributed by atoms with Gasteiger partial charge in [-0.25, -0.2) is 4.98 Å². The maximum absolute atomic E-state index is 13.1. The van der Waals surface area contributed by atoms with Gasteiger partial charge in [-0.1, -0.05) is 23.2 Å². The third kappa shape index (κ3) is 2.61. The van der Waals surface area contributed by atoms with Gasteiger partial charge in [-0.2, -0.15) is 9.65 Å². The monoisotopic (exact) mass is 280 g/mol. The molecule has 0 N–H and O–H groups in total. The number of rotatable bonds is 2. The fraction of sp³-hybridized carbons (Fsp3) is 0.0769. The van der Waals surface area contributed by atoms with Crippen LogP contribution in [0, 0.1) is 17.3 Å². The quantitative estimate of drug-likeness (QED) is 0.771. The molecule has 2 aromatic rings. The van der Waals surface area contributed by atoms with Crippen molar-refractivity contribution < 1.29 is 4.39 Å². The maximum Gasteiger partial charge on any atom is 0.213 e. The Kier molecular flexibility index (Phi) is 3.81. The molecule has 0 radical (unpaired) electrons. The number of aromatic nitrogens is 1. The normalized spacial score (nSPS) is 10.1. The summed E-state index contributed by atoms with van der Waals surface area (Å²) in [5, 5.41) is 9.75. The first-order chi connectivity index (χ1) is 8.61. The van der Waals surface area contributed by atoms with E-state index in [1.165, 1.54) is 12.3 Å². The van der Waals surface area contributed by atoms with Crippen LogP contribution < -0.4 is 0 Å². The molecule has 0 saturated carbocycles. The molecule has 2 nitrogen and oxygen atoms in total. The molecule has 0 aliphatic carbocycles. The number of hydrogen-bond acceptors (Lipinski definition) is 2. The Morgan fingerprint density at radius 3 is 2.72 bits per heavy atom. The molecule has 0 spiro atoms. The molecular weight excluding hydrogens is 274 g/mol. The molecule has 0 atom stereocenters. The summed E-state index contributed by atoms with van der Waals surface area (Å²) in [5.74, 6) is -0.623. The minimum Gasteiger partial charge on any atom is -0.228 e. The van der Waals surface area contributed by atoms with E-state index >= 15 is 0 Å². The molecule has 1 aromatic carbocycles. The summed E-state index contributed by atoms with van der Waals surface area (Å²) in [7, 11) is 0. The van der Waals surface area contributed by atoms with E-state index < -0.39 is 5.95 Å². The minimum absolute atomic E-state index is 0.0810. The van der Waals surface area contributed by atoms with E-state index in [9.17, 15) is 4.39 Å². The predicted octanol–water partition coefficient (Wildman–Crippen LogP) is 4.26. The van der Waals surface area contributed by atoms with E-state index in [2.05, 4.69) is 4.98 Å². The number of pyridine rings is 1. The van der Waals surface area contributed by atoms with Crippen LogP contribution in [0.25, 0.3) is 11.1 Å². The van der Waals surface area contributed by atoms with Crippen LogP contribution >= 0.6 is 23.2 Å². The molecule has 1 heterocycles. The maximum atomic E-state index is 13.1. The second-order valence-corrected chi connectivity index (χ2v) is 4.47. The van der Waals surface area contributed by atoms with E-state index in [0.717, 1.165) is 0 Å². The van der Waals surface area contributed by atoms with E-state index in [1.807, 2.05) is 6.07 Å². The third-order valence-electron chi connectivity index (χ3n) is 2.44. The van der Waals surface area contributed by atoms with Gasteiger partial charge in [0.2, 0.25) is 5.95 Å². The zero-order chi connectivity index (χ0) is 13.1. The fourth-order valence-corrected chi connectivity index (χ4v) is 2.04. The number of nitrogens with zero attached hydrogens (tertiary/aromatic N) is 2. The van der Waals surface area contributed by atoms with Gasteiger partial charge >= 0.3 is 0 Å². The number of halogens is 3. The highest BCUT2D eigenvalue weighted by molar-refractivity contribution is 6.35. The lowest BCUT2D eigenvalue weighted by atomic mass is 10.0. The molecule has 0 bridgehead atoms. The minimum atomic E-state index is -0.623. The largest absolute Gasteiger partial charge is 0.228 e. The SMILES string of the molecule is N#CCc1cc(F)ncc1-c1cc(Cl)ccc1Cl. The van der Waals surface area contributed by atoms with E-state index in [1.54, 1.807) is 18.2 Å². The van der Waals surface area contributed by atoms with Crippen molar-refractivity contribution in [1.82, 2.24) is 4.98 Å². The molecular formula is C13H7Cl2FN2. The first-order valence-electron chi connectivity index (χ1n) is 5.08. The average Bonchev–Trinajstić information content (AvgIpc) is 2.33. The van der Waals surface area contributed by atoms with Gasteiger partial charge in [-0.05, 0) is 29.8 Å². The van der Waals surface area contributed by atoms with Crippen molar-refractivity contribution in [3.05, 3.63) is 52.0 Å². The van der Waals surface area contributed by atoms with Gasteiger partial charge in [-0.15, -0.1) is 0 Å². The summed E-state index contributed by atoms with van der Waals surface area (Å²) in [6.07, 6.45) is 1.44. The highest BCUT2D eigenvalue weighted by atomic mass is 35.5. The molecule has 0 amide bonds. The Labute approximate surface area is 114 Å². The van der Waals surface area contributed by atoms with Crippen molar-refractivity contribution in [1.29, 1.82) is 5.26 Å². The van der Waals surface area contributed by atoms with Gasteiger partial charge in [0.05, 0.1) is 12.5 Å². The average molecular weight is 281 g/mol. The van der Waals surface area contributed by atoms with Gasteiger partial charge in [0.15, 0.2) is 0 Å².